The van der Waals surface area contributed by atoms with E-state index in [1.807, 2.05) is 12.2 Å². The van der Waals surface area contributed by atoms with Crippen LogP contribution in [0.25, 0.3) is 11.1 Å². The van der Waals surface area contributed by atoms with Gasteiger partial charge in [-0.25, -0.2) is 0 Å². The van der Waals surface area contributed by atoms with Crippen molar-refractivity contribution >= 4 is 3.21 Å². The van der Waals surface area contributed by atoms with E-state index < -0.39 is 44.7 Å². The number of rotatable bonds is 4. The first-order valence-electron chi connectivity index (χ1n) is 16.1. The van der Waals surface area contributed by atoms with E-state index in [1.54, 1.807) is 12.1 Å². The predicted molar refractivity (Wildman–Crippen MR) is 179 cm³/mol. The van der Waals surface area contributed by atoms with Gasteiger partial charge in [0.25, 0.3) is 0 Å². The number of fused-ring (bicyclic) bond motifs is 3. The molecule has 248 valence electrons. The molecule has 0 bridgehead atoms. The SMILES string of the molecule is CC(C)(C)c1ccc2c(c1)[CH]([Zr]([C]1=CC=CC1)=[C](c1cccc(C(F)(F)F)c1)c1cccc(C(F)(F)F)c1)c1cc(C(C)(C)C)ccc1-2. The van der Waals surface area contributed by atoms with E-state index in [-0.39, 0.29) is 14.5 Å². The molecule has 0 fully saturated rings. The van der Waals surface area contributed by atoms with Gasteiger partial charge in [0, 0.05) is 0 Å². The molecule has 6 rings (SSSR count). The van der Waals surface area contributed by atoms with Crippen LogP contribution in [0.3, 0.4) is 0 Å². The summed E-state index contributed by atoms with van der Waals surface area (Å²) in [7, 11) is 0. The minimum atomic E-state index is -4.61. The van der Waals surface area contributed by atoms with Crippen LogP contribution in [0.1, 0.15) is 96.1 Å². The van der Waals surface area contributed by atoms with Gasteiger partial charge >= 0.3 is 288 Å². The fraction of sp³-hybridized carbons (Fsp3) is 0.293. The Labute approximate surface area is 286 Å². The molecule has 0 radical (unpaired) electrons. The van der Waals surface area contributed by atoms with E-state index in [1.165, 1.54) is 12.1 Å². The monoisotopic (exact) mass is 734 g/mol. The molecule has 0 N–H and O–H groups in total. The second-order valence-electron chi connectivity index (χ2n) is 14.8. The molecule has 4 aromatic carbocycles. The fourth-order valence-electron chi connectivity index (χ4n) is 6.82. The van der Waals surface area contributed by atoms with Crippen molar-refractivity contribution in [2.24, 2.45) is 0 Å². The van der Waals surface area contributed by atoms with E-state index >= 15 is 0 Å². The Balaban J connectivity index is 1.78. The van der Waals surface area contributed by atoms with Gasteiger partial charge in [-0.05, 0) is 0 Å². The Bertz CT molecular complexity index is 1870. The van der Waals surface area contributed by atoms with Gasteiger partial charge in [-0.3, -0.25) is 0 Å². The van der Waals surface area contributed by atoms with Crippen LogP contribution in [0.15, 0.2) is 106 Å². The first kappa shape index (κ1) is 34.6. The van der Waals surface area contributed by atoms with Gasteiger partial charge in [0.1, 0.15) is 0 Å². The second-order valence-corrected chi connectivity index (χ2v) is 21.1. The van der Waals surface area contributed by atoms with Crippen LogP contribution in [-0.2, 0) is 44.4 Å². The van der Waals surface area contributed by atoms with E-state index in [2.05, 4.69) is 84.0 Å². The summed E-state index contributed by atoms with van der Waals surface area (Å²) >= 11 is -3.58. The first-order chi connectivity index (χ1) is 22.3. The third-order valence-corrected chi connectivity index (χ3v) is 17.7. The predicted octanol–water partition coefficient (Wildman–Crippen LogP) is 12.1. The van der Waals surface area contributed by atoms with Crippen LogP contribution >= 0.6 is 0 Å². The molecule has 48 heavy (non-hydrogen) atoms. The van der Waals surface area contributed by atoms with Crippen molar-refractivity contribution in [3.63, 3.8) is 0 Å². The van der Waals surface area contributed by atoms with Gasteiger partial charge in [-0.2, -0.15) is 0 Å². The molecule has 2 aliphatic carbocycles. The zero-order valence-corrected chi connectivity index (χ0v) is 30.3. The maximum atomic E-state index is 14.2. The summed E-state index contributed by atoms with van der Waals surface area (Å²) in [6, 6.07) is 23.4. The number of halogens is 6. The van der Waals surface area contributed by atoms with E-state index in [0.29, 0.717) is 20.8 Å². The van der Waals surface area contributed by atoms with Gasteiger partial charge in [0.15, 0.2) is 0 Å². The molecule has 0 unspecified atom stereocenters. The Hall–Kier alpha value is -3.31. The zero-order valence-electron chi connectivity index (χ0n) is 27.9. The molecule has 0 saturated heterocycles. The molecular weight excluding hydrogens is 698 g/mol. The molecule has 0 amide bonds. The number of alkyl halides is 6. The topological polar surface area (TPSA) is 0 Å². The Morgan fingerprint density at radius 1 is 0.583 bits per heavy atom. The molecular formula is C41H38F6Zr. The number of hydrogen-bond donors (Lipinski definition) is 0. The average Bonchev–Trinajstić information content (AvgIpc) is 3.64. The van der Waals surface area contributed by atoms with Gasteiger partial charge in [-0.1, -0.05) is 0 Å². The number of benzene rings is 4. The summed E-state index contributed by atoms with van der Waals surface area (Å²) in [6.07, 6.45) is -2.52. The molecule has 0 heterocycles. The second kappa shape index (κ2) is 12.2. The van der Waals surface area contributed by atoms with Crippen LogP contribution in [0.4, 0.5) is 26.3 Å². The van der Waals surface area contributed by atoms with Crippen LogP contribution in [-0.4, -0.2) is 3.21 Å². The van der Waals surface area contributed by atoms with Crippen LogP contribution in [0, 0.1) is 0 Å². The van der Waals surface area contributed by atoms with Crippen molar-refractivity contribution < 1.29 is 47.6 Å². The molecule has 0 aliphatic heterocycles. The van der Waals surface area contributed by atoms with Crippen molar-refractivity contribution in [1.82, 2.24) is 0 Å². The van der Waals surface area contributed by atoms with Crippen LogP contribution in [0.2, 0.25) is 0 Å². The quantitative estimate of drug-likeness (QED) is 0.183. The molecule has 0 spiro atoms. The zero-order chi connectivity index (χ0) is 34.8. The third-order valence-electron chi connectivity index (χ3n) is 9.38. The standard InChI is InChI=1S/C21H25.C15H8F6.C5H5.Zr/c1-20(2,3)16-7-9-18-14(12-16)11-15-13-17(21(4,5)6)8-10-19(15)18;16-14(17,18)12-5-1-3-10(8-12)7-11-4-2-6-13(9-11)15(19,20)21;1-2-4-5-3-1;/h7-13H,1-6H3;1-6,8-9H;1-3H,4H2;. The van der Waals surface area contributed by atoms with Crippen molar-refractivity contribution in [2.45, 2.75) is 74.8 Å². The van der Waals surface area contributed by atoms with E-state index in [9.17, 15) is 26.3 Å². The van der Waals surface area contributed by atoms with Gasteiger partial charge in [0.05, 0.1) is 0 Å². The third kappa shape index (κ3) is 6.64. The van der Waals surface area contributed by atoms with E-state index in [4.69, 9.17) is 0 Å². The Kier molecular flexibility index (Phi) is 8.80. The number of hydrogen-bond acceptors (Lipinski definition) is 0. The molecule has 2 aliphatic rings. The summed E-state index contributed by atoms with van der Waals surface area (Å²) in [5.74, 6) is 0. The van der Waals surface area contributed by atoms with Crippen LogP contribution in [0.5, 0.6) is 0 Å². The Morgan fingerprint density at radius 3 is 1.42 bits per heavy atom. The molecule has 4 aromatic rings. The first-order valence-corrected chi connectivity index (χ1v) is 20.0. The molecule has 0 aromatic heterocycles. The van der Waals surface area contributed by atoms with Crippen molar-refractivity contribution in [1.29, 1.82) is 0 Å². The normalized spacial score (nSPS) is 15.0. The van der Waals surface area contributed by atoms with Crippen molar-refractivity contribution in [3.05, 3.63) is 151 Å². The van der Waals surface area contributed by atoms with Gasteiger partial charge in [0.2, 0.25) is 0 Å². The summed E-state index contributed by atoms with van der Waals surface area (Å²) < 4.78 is 86.8. The number of allylic oxidation sites excluding steroid dienone is 4. The average molecular weight is 736 g/mol. The van der Waals surface area contributed by atoms with Crippen molar-refractivity contribution in [3.8, 4) is 11.1 Å². The maximum absolute atomic E-state index is 14.2. The fourth-order valence-corrected chi connectivity index (χ4v) is 15.7. The molecule has 0 saturated carbocycles. The summed E-state index contributed by atoms with van der Waals surface area (Å²) in [4.78, 5) is 0. The summed E-state index contributed by atoms with van der Waals surface area (Å²) in [5, 5.41) is 0. The van der Waals surface area contributed by atoms with Gasteiger partial charge < -0.3 is 0 Å². The molecule has 0 atom stereocenters. The Morgan fingerprint density at radius 2 is 1.04 bits per heavy atom. The molecule has 7 heteroatoms. The minimum absolute atomic E-state index is 0.169. The van der Waals surface area contributed by atoms with Crippen molar-refractivity contribution in [2.75, 3.05) is 0 Å². The molecule has 0 nitrogen and oxygen atoms in total. The summed E-state index contributed by atoms with van der Waals surface area (Å²) in [6.45, 7) is 12.9. The van der Waals surface area contributed by atoms with Gasteiger partial charge in [-0.15, -0.1) is 0 Å². The summed E-state index contributed by atoms with van der Waals surface area (Å²) in [5.41, 5.74) is 5.36. The van der Waals surface area contributed by atoms with Crippen LogP contribution < -0.4 is 0 Å². The van der Waals surface area contributed by atoms with E-state index in [0.717, 1.165) is 60.9 Å².